The number of hydrogen-bond donors (Lipinski definition) is 2. The van der Waals surface area contributed by atoms with Crippen LogP contribution >= 0.6 is 11.6 Å². The van der Waals surface area contributed by atoms with Crippen LogP contribution in [0.2, 0.25) is 5.02 Å². The van der Waals surface area contributed by atoms with E-state index in [1.165, 1.54) is 39.8 Å². The van der Waals surface area contributed by atoms with E-state index in [2.05, 4.69) is 4.72 Å². The molecule has 5 nitrogen and oxygen atoms in total. The second-order valence-electron chi connectivity index (χ2n) is 5.71. The Balaban J connectivity index is 3.28. The molecule has 1 rings (SSSR count). The summed E-state index contributed by atoms with van der Waals surface area (Å²) >= 11 is 5.57. The molecule has 0 aliphatic carbocycles. The maximum atomic E-state index is 13.9. The van der Waals surface area contributed by atoms with Gasteiger partial charge in [0.2, 0.25) is 10.0 Å². The standard InChI is InChI=1S/C13H17ClFNO4S/c1-12(2,11(17)18)13(3,4)16-21(19,20)9-7-5-6-8(14)10(9)15/h5-7,16H,1-4H3,(H,17,18). The van der Waals surface area contributed by atoms with Gasteiger partial charge >= 0.3 is 5.97 Å². The third kappa shape index (κ3) is 3.36. The van der Waals surface area contributed by atoms with Gasteiger partial charge in [-0.15, -0.1) is 0 Å². The molecule has 0 bridgehead atoms. The highest BCUT2D eigenvalue weighted by Gasteiger charge is 2.46. The number of sulfonamides is 1. The van der Waals surface area contributed by atoms with Gasteiger partial charge in [0.25, 0.3) is 0 Å². The molecule has 0 aromatic heterocycles. The summed E-state index contributed by atoms with van der Waals surface area (Å²) in [6.07, 6.45) is 0. The number of aliphatic carboxylic acids is 1. The predicted molar refractivity (Wildman–Crippen MR) is 77.2 cm³/mol. The average molecular weight is 338 g/mol. The van der Waals surface area contributed by atoms with Crippen LogP contribution in [0.5, 0.6) is 0 Å². The Labute approximate surface area is 128 Å². The lowest BCUT2D eigenvalue weighted by Crippen LogP contribution is -2.56. The second-order valence-corrected chi connectivity index (χ2v) is 7.77. The maximum absolute atomic E-state index is 13.9. The zero-order chi connectivity index (χ0) is 16.6. The number of benzene rings is 1. The van der Waals surface area contributed by atoms with Crippen LogP contribution in [0.3, 0.4) is 0 Å². The Morgan fingerprint density at radius 2 is 1.81 bits per heavy atom. The van der Waals surface area contributed by atoms with Gasteiger partial charge in [-0.25, -0.2) is 17.5 Å². The molecule has 0 aliphatic heterocycles. The molecule has 0 fully saturated rings. The van der Waals surface area contributed by atoms with Gasteiger partial charge in [0.05, 0.1) is 10.4 Å². The lowest BCUT2D eigenvalue weighted by atomic mass is 9.75. The summed E-state index contributed by atoms with van der Waals surface area (Å²) in [5, 5.41) is 8.89. The average Bonchev–Trinajstić information content (AvgIpc) is 2.30. The van der Waals surface area contributed by atoms with Crippen molar-refractivity contribution in [3.05, 3.63) is 29.0 Å². The molecule has 0 atom stereocenters. The van der Waals surface area contributed by atoms with E-state index < -0.39 is 37.7 Å². The largest absolute Gasteiger partial charge is 0.481 e. The van der Waals surface area contributed by atoms with Gasteiger partial charge in [-0.3, -0.25) is 4.79 Å². The van der Waals surface area contributed by atoms with Crippen molar-refractivity contribution in [2.75, 3.05) is 0 Å². The first-order valence-corrected chi connectivity index (χ1v) is 7.90. The topological polar surface area (TPSA) is 83.5 Å². The van der Waals surface area contributed by atoms with Crippen molar-refractivity contribution in [1.29, 1.82) is 0 Å². The summed E-state index contributed by atoms with van der Waals surface area (Å²) in [5.74, 6) is -2.25. The van der Waals surface area contributed by atoms with Gasteiger partial charge in [-0.05, 0) is 39.8 Å². The Bertz CT molecular complexity index is 671. The maximum Gasteiger partial charge on any atom is 0.310 e. The molecule has 0 radical (unpaired) electrons. The predicted octanol–water partition coefficient (Wildman–Crippen LogP) is 2.65. The molecular weight excluding hydrogens is 321 g/mol. The summed E-state index contributed by atoms with van der Waals surface area (Å²) in [4.78, 5) is 10.7. The van der Waals surface area contributed by atoms with Crippen LogP contribution in [0.15, 0.2) is 23.1 Å². The monoisotopic (exact) mass is 337 g/mol. The fourth-order valence-corrected chi connectivity index (χ4v) is 3.35. The van der Waals surface area contributed by atoms with Crippen molar-refractivity contribution in [2.45, 2.75) is 38.1 Å². The molecule has 0 heterocycles. The fraction of sp³-hybridized carbons (Fsp3) is 0.462. The zero-order valence-corrected chi connectivity index (χ0v) is 13.6. The molecule has 0 saturated carbocycles. The van der Waals surface area contributed by atoms with E-state index in [1.807, 2.05) is 0 Å². The number of halogens is 2. The Morgan fingerprint density at radius 3 is 2.29 bits per heavy atom. The Kier molecular flexibility index (Phi) is 4.72. The lowest BCUT2D eigenvalue weighted by Gasteiger charge is -2.38. The number of rotatable bonds is 5. The molecule has 0 saturated heterocycles. The number of carboxylic acids is 1. The van der Waals surface area contributed by atoms with Crippen molar-refractivity contribution in [3.8, 4) is 0 Å². The fourth-order valence-electron chi connectivity index (χ4n) is 1.48. The quantitative estimate of drug-likeness (QED) is 0.865. The van der Waals surface area contributed by atoms with Crippen LogP contribution in [0.4, 0.5) is 4.39 Å². The van der Waals surface area contributed by atoms with Gasteiger partial charge in [-0.1, -0.05) is 17.7 Å². The highest BCUT2D eigenvalue weighted by atomic mass is 35.5. The van der Waals surface area contributed by atoms with Gasteiger partial charge in [-0.2, -0.15) is 0 Å². The molecule has 118 valence electrons. The molecule has 1 aromatic carbocycles. The van der Waals surface area contributed by atoms with E-state index in [0.717, 1.165) is 6.07 Å². The first kappa shape index (κ1) is 17.9. The highest BCUT2D eigenvalue weighted by Crippen LogP contribution is 2.33. The normalized spacial score (nSPS) is 13.2. The van der Waals surface area contributed by atoms with E-state index in [9.17, 15) is 22.7 Å². The lowest BCUT2D eigenvalue weighted by molar-refractivity contribution is -0.150. The number of hydrogen-bond acceptors (Lipinski definition) is 3. The zero-order valence-electron chi connectivity index (χ0n) is 12.1. The molecule has 0 unspecified atom stereocenters. The summed E-state index contributed by atoms with van der Waals surface area (Å²) in [5.41, 5.74) is -2.76. The van der Waals surface area contributed by atoms with Gasteiger partial charge in [0.15, 0.2) is 5.82 Å². The smallest absolute Gasteiger partial charge is 0.310 e. The van der Waals surface area contributed by atoms with E-state index in [4.69, 9.17) is 11.6 Å². The van der Waals surface area contributed by atoms with Crippen LogP contribution < -0.4 is 4.72 Å². The Hall–Kier alpha value is -1.18. The Morgan fingerprint density at radius 1 is 1.29 bits per heavy atom. The minimum Gasteiger partial charge on any atom is -0.481 e. The SMILES string of the molecule is CC(C)(NS(=O)(=O)c1cccc(Cl)c1F)C(C)(C)C(=O)O. The first-order chi connectivity index (χ1) is 9.33. The van der Waals surface area contributed by atoms with Crippen LogP contribution in [0.1, 0.15) is 27.7 Å². The van der Waals surface area contributed by atoms with Gasteiger partial charge in [0, 0.05) is 5.54 Å². The van der Waals surface area contributed by atoms with Crippen molar-refractivity contribution in [3.63, 3.8) is 0 Å². The molecule has 0 spiro atoms. The van der Waals surface area contributed by atoms with Crippen LogP contribution in [-0.2, 0) is 14.8 Å². The molecule has 1 aromatic rings. The highest BCUT2D eigenvalue weighted by molar-refractivity contribution is 7.89. The van der Waals surface area contributed by atoms with Crippen molar-refractivity contribution in [2.24, 2.45) is 5.41 Å². The van der Waals surface area contributed by atoms with Crippen LogP contribution in [0, 0.1) is 11.2 Å². The number of carbonyl (C=O) groups is 1. The molecule has 0 amide bonds. The summed E-state index contributed by atoms with van der Waals surface area (Å²) in [7, 11) is -4.26. The molecular formula is C13H17ClFNO4S. The van der Waals surface area contributed by atoms with E-state index in [-0.39, 0.29) is 5.02 Å². The summed E-state index contributed by atoms with van der Waals surface area (Å²) in [6, 6.07) is 3.59. The number of nitrogens with one attached hydrogen (secondary N) is 1. The molecule has 8 heteroatoms. The minimum absolute atomic E-state index is 0.326. The van der Waals surface area contributed by atoms with E-state index >= 15 is 0 Å². The summed E-state index contributed by atoms with van der Waals surface area (Å²) < 4.78 is 40.7. The molecule has 21 heavy (non-hydrogen) atoms. The first-order valence-electron chi connectivity index (χ1n) is 6.04. The van der Waals surface area contributed by atoms with Crippen molar-refractivity contribution >= 4 is 27.6 Å². The molecule has 0 aliphatic rings. The van der Waals surface area contributed by atoms with Crippen LogP contribution in [0.25, 0.3) is 0 Å². The van der Waals surface area contributed by atoms with Crippen molar-refractivity contribution in [1.82, 2.24) is 4.72 Å². The second kappa shape index (κ2) is 5.55. The van der Waals surface area contributed by atoms with E-state index in [0.29, 0.717) is 0 Å². The minimum atomic E-state index is -4.26. The van der Waals surface area contributed by atoms with Gasteiger partial charge in [0.1, 0.15) is 4.90 Å². The molecule has 2 N–H and O–H groups in total. The summed E-state index contributed by atoms with van der Waals surface area (Å²) in [6.45, 7) is 5.60. The third-order valence-electron chi connectivity index (χ3n) is 3.69. The third-order valence-corrected chi connectivity index (χ3v) is 5.66. The van der Waals surface area contributed by atoms with Crippen molar-refractivity contribution < 1.29 is 22.7 Å². The number of carboxylic acid groups (broad SMARTS) is 1. The van der Waals surface area contributed by atoms with Crippen LogP contribution in [-0.4, -0.2) is 25.0 Å². The van der Waals surface area contributed by atoms with Gasteiger partial charge < -0.3 is 5.11 Å². The van der Waals surface area contributed by atoms with E-state index in [1.54, 1.807) is 0 Å².